The summed E-state index contributed by atoms with van der Waals surface area (Å²) in [6.45, 7) is 1.65. The Morgan fingerprint density at radius 1 is 1.30 bits per heavy atom. The third kappa shape index (κ3) is 3.36. The average molecular weight is 436 g/mol. The summed E-state index contributed by atoms with van der Waals surface area (Å²) in [7, 11) is 1.20. The Balaban J connectivity index is 1.76. The van der Waals surface area contributed by atoms with Gasteiger partial charge in [0.05, 0.1) is 30.5 Å². The summed E-state index contributed by atoms with van der Waals surface area (Å²) in [4.78, 5) is 30.2. The van der Waals surface area contributed by atoms with Crippen LogP contribution in [0.25, 0.3) is 10.2 Å². The molecular weight excluding hydrogens is 421 g/mol. The monoisotopic (exact) mass is 436 g/mol. The third-order valence-electron chi connectivity index (χ3n) is 4.71. The van der Waals surface area contributed by atoms with Crippen LogP contribution in [-0.4, -0.2) is 30.1 Å². The maximum absolute atomic E-state index is 14.1. The van der Waals surface area contributed by atoms with Crippen molar-refractivity contribution in [2.75, 3.05) is 12.0 Å². The van der Waals surface area contributed by atoms with Crippen molar-refractivity contribution in [1.29, 1.82) is 0 Å². The maximum atomic E-state index is 14.1. The summed E-state index contributed by atoms with van der Waals surface area (Å²) >= 11 is 0.756. The van der Waals surface area contributed by atoms with Gasteiger partial charge in [-0.3, -0.25) is 14.5 Å². The fourth-order valence-corrected chi connectivity index (χ4v) is 4.30. The largest absolute Gasteiger partial charge is 0.478 e. The average Bonchev–Trinajstić information content (AvgIpc) is 3.14. The van der Waals surface area contributed by atoms with Crippen molar-refractivity contribution < 1.29 is 32.2 Å². The van der Waals surface area contributed by atoms with E-state index in [1.54, 1.807) is 25.1 Å². The zero-order valence-corrected chi connectivity index (χ0v) is 16.7. The minimum absolute atomic E-state index is 0.127. The van der Waals surface area contributed by atoms with Crippen LogP contribution in [0.15, 0.2) is 24.3 Å². The van der Waals surface area contributed by atoms with Crippen LogP contribution in [0.1, 0.15) is 17.0 Å². The normalized spacial score (nSPS) is 15.8. The number of methoxy groups -OCH3 is 1. The van der Waals surface area contributed by atoms with Gasteiger partial charge in [0.1, 0.15) is 16.3 Å². The number of benzene rings is 2. The van der Waals surface area contributed by atoms with E-state index in [9.17, 15) is 22.8 Å². The van der Waals surface area contributed by atoms with Crippen LogP contribution in [-0.2, 0) is 20.9 Å². The second-order valence-corrected chi connectivity index (χ2v) is 7.76. The van der Waals surface area contributed by atoms with E-state index in [0.717, 1.165) is 16.9 Å². The van der Waals surface area contributed by atoms with Crippen molar-refractivity contribution in [3.63, 3.8) is 0 Å². The Hall–Kier alpha value is -3.14. The Morgan fingerprint density at radius 3 is 2.80 bits per heavy atom. The fourth-order valence-electron chi connectivity index (χ4n) is 3.31. The maximum Gasteiger partial charge on any atom is 0.309 e. The summed E-state index contributed by atoms with van der Waals surface area (Å²) in [5.41, 5.74) is 0.891. The molecule has 0 saturated heterocycles. The molecule has 1 aliphatic rings. The number of para-hydroxylation sites is 1. The topological polar surface area (TPSA) is 68.7 Å². The summed E-state index contributed by atoms with van der Waals surface area (Å²) in [5.74, 6) is -4.24. The molecular formula is C20H15F3N2O4S. The molecule has 0 bridgehead atoms. The number of aromatic nitrogens is 1. The number of hydrogen-bond acceptors (Lipinski definition) is 6. The highest BCUT2D eigenvalue weighted by Gasteiger charge is 2.37. The van der Waals surface area contributed by atoms with Crippen molar-refractivity contribution in [2.45, 2.75) is 26.0 Å². The van der Waals surface area contributed by atoms with Crippen LogP contribution in [0.2, 0.25) is 0 Å². The van der Waals surface area contributed by atoms with Crippen LogP contribution in [0.5, 0.6) is 5.75 Å². The molecule has 3 aromatic rings. The van der Waals surface area contributed by atoms with E-state index in [0.29, 0.717) is 17.5 Å². The Kier molecular flexibility index (Phi) is 5.10. The smallest absolute Gasteiger partial charge is 0.309 e. The van der Waals surface area contributed by atoms with E-state index < -0.39 is 35.4 Å². The van der Waals surface area contributed by atoms with E-state index in [-0.39, 0.29) is 28.2 Å². The van der Waals surface area contributed by atoms with Gasteiger partial charge in [-0.05, 0) is 18.6 Å². The minimum atomic E-state index is -1.31. The van der Waals surface area contributed by atoms with Crippen LogP contribution >= 0.6 is 11.3 Å². The van der Waals surface area contributed by atoms with E-state index in [2.05, 4.69) is 9.72 Å². The van der Waals surface area contributed by atoms with Gasteiger partial charge in [0.2, 0.25) is 0 Å². The Morgan fingerprint density at radius 2 is 2.07 bits per heavy atom. The van der Waals surface area contributed by atoms with Crippen molar-refractivity contribution in [3.8, 4) is 5.75 Å². The number of carbonyl (C=O) groups excluding carboxylic acids is 2. The third-order valence-corrected chi connectivity index (χ3v) is 5.75. The molecule has 2 heterocycles. The number of hydrogen-bond donors (Lipinski definition) is 0. The summed E-state index contributed by atoms with van der Waals surface area (Å²) in [6.07, 6.45) is -1.42. The number of aryl methyl sites for hydroxylation is 1. The van der Waals surface area contributed by atoms with Gasteiger partial charge < -0.3 is 9.47 Å². The van der Waals surface area contributed by atoms with Crippen LogP contribution in [0, 0.1) is 24.4 Å². The van der Waals surface area contributed by atoms with Crippen molar-refractivity contribution in [2.24, 2.45) is 0 Å². The number of rotatable bonds is 4. The fraction of sp³-hybridized carbons (Fsp3) is 0.250. The SMILES string of the molecule is COC(=O)CC1Oc2cccc(C)c2N(Cc2nc3c(F)cc(F)c(F)c3s2)C1=O. The molecule has 0 N–H and O–H groups in total. The highest BCUT2D eigenvalue weighted by Crippen LogP contribution is 2.39. The number of nitrogens with zero attached hydrogens (tertiary/aromatic N) is 2. The van der Waals surface area contributed by atoms with Gasteiger partial charge in [-0.1, -0.05) is 12.1 Å². The second-order valence-electron chi connectivity index (χ2n) is 6.67. The number of fused-ring (bicyclic) bond motifs is 2. The first-order valence-electron chi connectivity index (χ1n) is 8.87. The number of ether oxygens (including phenoxy) is 2. The molecule has 0 aliphatic carbocycles. The van der Waals surface area contributed by atoms with Crippen LogP contribution < -0.4 is 9.64 Å². The first kappa shape index (κ1) is 20.1. The molecule has 2 aromatic carbocycles. The lowest BCUT2D eigenvalue weighted by Crippen LogP contribution is -2.46. The van der Waals surface area contributed by atoms with Gasteiger partial charge in [0, 0.05) is 6.07 Å². The lowest BCUT2D eigenvalue weighted by Gasteiger charge is -2.34. The van der Waals surface area contributed by atoms with Crippen molar-refractivity contribution in [1.82, 2.24) is 4.98 Å². The van der Waals surface area contributed by atoms with Gasteiger partial charge in [-0.15, -0.1) is 11.3 Å². The highest BCUT2D eigenvalue weighted by atomic mass is 32.1. The highest BCUT2D eigenvalue weighted by molar-refractivity contribution is 7.18. The first-order valence-corrected chi connectivity index (χ1v) is 9.69. The molecule has 156 valence electrons. The molecule has 6 nitrogen and oxygen atoms in total. The van der Waals surface area contributed by atoms with E-state index >= 15 is 0 Å². The number of amides is 1. The summed E-state index contributed by atoms with van der Waals surface area (Å²) in [6, 6.07) is 5.60. The van der Waals surface area contributed by atoms with Crippen LogP contribution in [0.3, 0.4) is 0 Å². The van der Waals surface area contributed by atoms with Gasteiger partial charge in [-0.2, -0.15) is 0 Å². The molecule has 1 amide bonds. The molecule has 4 rings (SSSR count). The van der Waals surface area contributed by atoms with Crippen LogP contribution in [0.4, 0.5) is 18.9 Å². The second kappa shape index (κ2) is 7.60. The Bertz CT molecular complexity index is 1180. The van der Waals surface area contributed by atoms with E-state index in [4.69, 9.17) is 4.74 Å². The van der Waals surface area contributed by atoms with Crippen molar-refractivity contribution >= 4 is 39.1 Å². The molecule has 1 unspecified atom stereocenters. The standard InChI is InChI=1S/C20H15F3N2O4S/c1-9-4-3-5-12-18(9)25(20(27)13(29-12)7-15(26)28-2)8-14-24-17-11(22)6-10(21)16(23)19(17)30-14/h3-6,13H,7-8H2,1-2H3. The number of esters is 1. The van der Waals surface area contributed by atoms with E-state index in [1.165, 1.54) is 12.0 Å². The predicted molar refractivity (Wildman–Crippen MR) is 103 cm³/mol. The van der Waals surface area contributed by atoms with Gasteiger partial charge in [0.25, 0.3) is 5.91 Å². The number of thiazole rings is 1. The number of carbonyl (C=O) groups is 2. The summed E-state index contributed by atoms with van der Waals surface area (Å²) < 4.78 is 51.7. The summed E-state index contributed by atoms with van der Waals surface area (Å²) in [5, 5.41) is 0.203. The number of anilines is 1. The lowest BCUT2D eigenvalue weighted by molar-refractivity contribution is -0.145. The van der Waals surface area contributed by atoms with Crippen molar-refractivity contribution in [3.05, 3.63) is 52.3 Å². The molecule has 0 saturated carbocycles. The van der Waals surface area contributed by atoms with E-state index in [1.807, 2.05) is 0 Å². The molecule has 0 fully saturated rings. The first-order chi connectivity index (χ1) is 14.3. The predicted octanol–water partition coefficient (Wildman–Crippen LogP) is 3.88. The molecule has 1 atom stereocenters. The zero-order valence-electron chi connectivity index (χ0n) is 15.9. The number of halogens is 3. The molecule has 0 spiro atoms. The minimum Gasteiger partial charge on any atom is -0.478 e. The van der Waals surface area contributed by atoms with Gasteiger partial charge in [0.15, 0.2) is 23.6 Å². The molecule has 1 aliphatic heterocycles. The zero-order chi connectivity index (χ0) is 21.6. The molecule has 30 heavy (non-hydrogen) atoms. The molecule has 1 aromatic heterocycles. The van der Waals surface area contributed by atoms with Gasteiger partial charge in [-0.25, -0.2) is 18.2 Å². The van der Waals surface area contributed by atoms with Gasteiger partial charge >= 0.3 is 5.97 Å². The quantitative estimate of drug-likeness (QED) is 0.459. The molecule has 0 radical (unpaired) electrons. The Labute approximate surface area is 172 Å². The molecule has 10 heteroatoms. The lowest BCUT2D eigenvalue weighted by atomic mass is 10.1.